The summed E-state index contributed by atoms with van der Waals surface area (Å²) in [6, 6.07) is 7.96. The van der Waals surface area contributed by atoms with E-state index in [1.165, 1.54) is 24.6 Å². The van der Waals surface area contributed by atoms with Crippen LogP contribution in [0.15, 0.2) is 42.2 Å². The van der Waals surface area contributed by atoms with Gasteiger partial charge in [0.05, 0.1) is 0 Å². The number of allylic oxidation sites excluding steroid dienone is 2. The highest BCUT2D eigenvalue weighted by Gasteiger charge is 2.26. The maximum absolute atomic E-state index is 14.8. The van der Waals surface area contributed by atoms with Crippen LogP contribution < -0.4 is 0 Å². The van der Waals surface area contributed by atoms with Gasteiger partial charge in [-0.15, -0.1) is 0 Å². The van der Waals surface area contributed by atoms with Crippen molar-refractivity contribution in [1.29, 1.82) is 0 Å². The van der Waals surface area contributed by atoms with E-state index in [2.05, 4.69) is 6.92 Å². The van der Waals surface area contributed by atoms with Crippen molar-refractivity contribution in [3.05, 3.63) is 59.2 Å². The van der Waals surface area contributed by atoms with Crippen LogP contribution >= 0.6 is 0 Å². The maximum atomic E-state index is 14.8. The highest BCUT2D eigenvalue weighted by Crippen LogP contribution is 2.39. The SMILES string of the molecule is C/C=C/c1ccc2cc(C(F)=C(F)C3CCC(CCC)CC3)ccc2c1F. The van der Waals surface area contributed by atoms with Crippen LogP contribution in [0, 0.1) is 17.7 Å². The topological polar surface area (TPSA) is 0 Å². The van der Waals surface area contributed by atoms with E-state index < -0.39 is 11.7 Å². The van der Waals surface area contributed by atoms with Crippen LogP contribution in [0.5, 0.6) is 0 Å². The number of rotatable bonds is 5. The van der Waals surface area contributed by atoms with Gasteiger partial charge in [0.15, 0.2) is 5.83 Å². The molecule has 1 saturated carbocycles. The molecule has 0 amide bonds. The van der Waals surface area contributed by atoms with E-state index in [-0.39, 0.29) is 17.3 Å². The van der Waals surface area contributed by atoms with Crippen LogP contribution in [-0.2, 0) is 0 Å². The normalized spacial score (nSPS) is 21.7. The molecule has 1 aliphatic carbocycles. The third kappa shape index (κ3) is 4.28. The molecule has 1 aliphatic rings. The molecule has 2 aromatic carbocycles. The fraction of sp³-hybridized carbons (Fsp3) is 0.417. The maximum Gasteiger partial charge on any atom is 0.162 e. The number of benzene rings is 2. The Hall–Kier alpha value is -2.03. The molecule has 0 bridgehead atoms. The monoisotopic (exact) mass is 372 g/mol. The molecule has 0 saturated heterocycles. The van der Waals surface area contributed by atoms with E-state index in [0.29, 0.717) is 35.1 Å². The summed E-state index contributed by atoms with van der Waals surface area (Å²) in [5, 5.41) is 0.996. The van der Waals surface area contributed by atoms with Crippen LogP contribution in [-0.4, -0.2) is 0 Å². The first-order chi connectivity index (χ1) is 13.0. The van der Waals surface area contributed by atoms with Gasteiger partial charge < -0.3 is 0 Å². The Kier molecular flexibility index (Phi) is 6.41. The summed E-state index contributed by atoms with van der Waals surface area (Å²) < 4.78 is 44.0. The first-order valence-electron chi connectivity index (χ1n) is 9.95. The van der Waals surface area contributed by atoms with Crippen molar-refractivity contribution < 1.29 is 13.2 Å². The van der Waals surface area contributed by atoms with Gasteiger partial charge in [0.1, 0.15) is 11.6 Å². The molecule has 0 spiro atoms. The minimum Gasteiger partial charge on any atom is -0.208 e. The lowest BCUT2D eigenvalue weighted by Gasteiger charge is -2.27. The molecule has 0 radical (unpaired) electrons. The average molecular weight is 372 g/mol. The predicted octanol–water partition coefficient (Wildman–Crippen LogP) is 8.23. The van der Waals surface area contributed by atoms with Gasteiger partial charge in [-0.1, -0.05) is 56.2 Å². The fourth-order valence-corrected chi connectivity index (χ4v) is 4.18. The van der Waals surface area contributed by atoms with Crippen molar-refractivity contribution in [1.82, 2.24) is 0 Å². The zero-order valence-electron chi connectivity index (χ0n) is 16.1. The van der Waals surface area contributed by atoms with Gasteiger partial charge in [-0.2, -0.15) is 0 Å². The Balaban J connectivity index is 1.85. The van der Waals surface area contributed by atoms with Crippen molar-refractivity contribution in [2.45, 2.75) is 52.4 Å². The summed E-state index contributed by atoms with van der Waals surface area (Å²) in [7, 11) is 0. The second-order valence-corrected chi connectivity index (χ2v) is 7.57. The molecule has 144 valence electrons. The van der Waals surface area contributed by atoms with E-state index in [1.807, 2.05) is 6.92 Å². The molecular weight excluding hydrogens is 345 g/mol. The smallest absolute Gasteiger partial charge is 0.162 e. The van der Waals surface area contributed by atoms with Gasteiger partial charge in [0.25, 0.3) is 0 Å². The molecule has 0 nitrogen and oxygen atoms in total. The van der Waals surface area contributed by atoms with E-state index in [4.69, 9.17) is 0 Å². The summed E-state index contributed by atoms with van der Waals surface area (Å²) in [5.74, 6) is -1.46. The second kappa shape index (κ2) is 8.77. The molecule has 0 aromatic heterocycles. The molecule has 27 heavy (non-hydrogen) atoms. The first kappa shape index (κ1) is 19.7. The van der Waals surface area contributed by atoms with Crippen molar-refractivity contribution in [2.75, 3.05) is 0 Å². The van der Waals surface area contributed by atoms with Crippen molar-refractivity contribution in [3.63, 3.8) is 0 Å². The Morgan fingerprint density at radius 3 is 2.48 bits per heavy atom. The van der Waals surface area contributed by atoms with Gasteiger partial charge >= 0.3 is 0 Å². The quantitative estimate of drug-likeness (QED) is 0.496. The number of fused-ring (bicyclic) bond motifs is 1. The zero-order valence-corrected chi connectivity index (χ0v) is 16.1. The van der Waals surface area contributed by atoms with Gasteiger partial charge in [0, 0.05) is 22.4 Å². The molecule has 1 fully saturated rings. The highest BCUT2D eigenvalue weighted by molar-refractivity contribution is 5.88. The summed E-state index contributed by atoms with van der Waals surface area (Å²) in [5.41, 5.74) is 0.678. The lowest BCUT2D eigenvalue weighted by atomic mass is 9.79. The summed E-state index contributed by atoms with van der Waals surface area (Å²) in [6.45, 7) is 3.99. The number of hydrogen-bond acceptors (Lipinski definition) is 0. The van der Waals surface area contributed by atoms with E-state index in [9.17, 15) is 13.2 Å². The standard InChI is InChI=1S/C24H27F3/c1-3-5-16-7-9-18(10-8-16)23(26)24(27)20-13-14-21-19(15-20)12-11-17(6-4-2)22(21)25/h4,6,11-16,18H,3,5,7-10H2,1-2H3/b6-4+,24-23?. The molecule has 0 atom stereocenters. The molecule has 2 aromatic rings. The van der Waals surface area contributed by atoms with Crippen LogP contribution in [0.3, 0.4) is 0 Å². The Labute approximate surface area is 159 Å². The third-order valence-electron chi connectivity index (χ3n) is 5.70. The van der Waals surface area contributed by atoms with Crippen LogP contribution in [0.2, 0.25) is 0 Å². The average Bonchev–Trinajstić information content (AvgIpc) is 2.70. The molecule has 0 heterocycles. The molecule has 3 heteroatoms. The lowest BCUT2D eigenvalue weighted by molar-refractivity contribution is 0.261. The fourth-order valence-electron chi connectivity index (χ4n) is 4.18. The number of halogens is 3. The van der Waals surface area contributed by atoms with Gasteiger partial charge in [-0.05, 0) is 50.0 Å². The Morgan fingerprint density at radius 2 is 1.81 bits per heavy atom. The minimum absolute atomic E-state index is 0.189. The zero-order chi connectivity index (χ0) is 19.4. The van der Waals surface area contributed by atoms with Gasteiger partial charge in [-0.3, -0.25) is 0 Å². The first-order valence-corrected chi connectivity index (χ1v) is 9.95. The summed E-state index contributed by atoms with van der Waals surface area (Å²) >= 11 is 0. The van der Waals surface area contributed by atoms with Gasteiger partial charge in [-0.25, -0.2) is 13.2 Å². The lowest BCUT2D eigenvalue weighted by Crippen LogP contribution is -2.15. The minimum atomic E-state index is -0.797. The molecule has 0 unspecified atom stereocenters. The molecule has 3 rings (SSSR count). The van der Waals surface area contributed by atoms with Crippen molar-refractivity contribution >= 4 is 22.7 Å². The summed E-state index contributed by atoms with van der Waals surface area (Å²) in [6.07, 6.45) is 9.13. The Morgan fingerprint density at radius 1 is 1.07 bits per heavy atom. The van der Waals surface area contributed by atoms with Crippen molar-refractivity contribution in [3.8, 4) is 0 Å². The van der Waals surface area contributed by atoms with E-state index >= 15 is 0 Å². The Bertz CT molecular complexity index is 855. The molecular formula is C24H27F3. The third-order valence-corrected chi connectivity index (χ3v) is 5.70. The predicted molar refractivity (Wildman–Crippen MR) is 108 cm³/mol. The van der Waals surface area contributed by atoms with Crippen molar-refractivity contribution in [2.24, 2.45) is 11.8 Å². The van der Waals surface area contributed by atoms with Crippen LogP contribution in [0.25, 0.3) is 22.7 Å². The van der Waals surface area contributed by atoms with E-state index in [1.54, 1.807) is 24.3 Å². The molecule has 0 aliphatic heterocycles. The van der Waals surface area contributed by atoms with Crippen LogP contribution in [0.1, 0.15) is 63.5 Å². The van der Waals surface area contributed by atoms with Crippen LogP contribution in [0.4, 0.5) is 13.2 Å². The number of hydrogen-bond donors (Lipinski definition) is 0. The highest BCUT2D eigenvalue weighted by atomic mass is 19.2. The summed E-state index contributed by atoms with van der Waals surface area (Å²) in [4.78, 5) is 0. The molecule has 0 N–H and O–H groups in total. The van der Waals surface area contributed by atoms with E-state index in [0.717, 1.165) is 19.3 Å². The van der Waals surface area contributed by atoms with Gasteiger partial charge in [0.2, 0.25) is 0 Å². The largest absolute Gasteiger partial charge is 0.208 e. The second-order valence-electron chi connectivity index (χ2n) is 7.57.